The minimum atomic E-state index is -0.507. The van der Waals surface area contributed by atoms with Gasteiger partial charge in [-0.2, -0.15) is 10.5 Å². The molecule has 6 N–H and O–H groups in total. The fourth-order valence-electron chi connectivity index (χ4n) is 2.94. The van der Waals surface area contributed by atoms with Crippen LogP contribution in [0.4, 0.5) is 17.3 Å². The first-order valence-electron chi connectivity index (χ1n) is 7.52. The van der Waals surface area contributed by atoms with E-state index < -0.39 is 6.04 Å². The fourth-order valence-corrected chi connectivity index (χ4v) is 2.94. The number of aromatic nitrogens is 1. The first kappa shape index (κ1) is 16.1. The molecule has 1 aromatic carbocycles. The lowest BCUT2D eigenvalue weighted by Crippen LogP contribution is -2.33. The van der Waals surface area contributed by atoms with Gasteiger partial charge in [0.15, 0.2) is 6.19 Å². The molecule has 3 rings (SSSR count). The van der Waals surface area contributed by atoms with Crippen LogP contribution in [-0.4, -0.2) is 10.9 Å². The van der Waals surface area contributed by atoms with Crippen LogP contribution in [0.5, 0.6) is 0 Å². The number of nitriles is 2. The average Bonchev–Trinajstić information content (AvgIpc) is 2.54. The molecule has 25 heavy (non-hydrogen) atoms. The van der Waals surface area contributed by atoms with Gasteiger partial charge in [0.05, 0.1) is 5.69 Å². The molecule has 0 amide bonds. The van der Waals surface area contributed by atoms with Crippen molar-refractivity contribution in [3.8, 4) is 12.3 Å². The molecule has 1 atom stereocenters. The van der Waals surface area contributed by atoms with Crippen LogP contribution in [0.1, 0.15) is 33.9 Å². The van der Waals surface area contributed by atoms with Crippen molar-refractivity contribution in [3.63, 3.8) is 0 Å². The molecular weight excluding hydrogens is 316 g/mol. The number of hydrogen-bond donors (Lipinski definition) is 4. The number of nitrogens with zero attached hydrogens (tertiary/aromatic N) is 4. The summed E-state index contributed by atoms with van der Waals surface area (Å²) in [4.78, 5) is 8.78. The molecule has 1 unspecified atom stereocenters. The van der Waals surface area contributed by atoms with Crippen LogP contribution in [0.3, 0.4) is 0 Å². The molecule has 8 nitrogen and oxygen atoms in total. The van der Waals surface area contributed by atoms with E-state index in [1.54, 1.807) is 0 Å². The molecule has 0 saturated carbocycles. The molecule has 0 spiro atoms. The highest BCUT2D eigenvalue weighted by Gasteiger charge is 2.30. The van der Waals surface area contributed by atoms with Crippen molar-refractivity contribution in [1.82, 2.24) is 10.3 Å². The van der Waals surface area contributed by atoms with Crippen LogP contribution in [0.25, 0.3) is 0 Å². The number of fused-ring (bicyclic) bond motifs is 1. The first-order chi connectivity index (χ1) is 12.0. The van der Waals surface area contributed by atoms with E-state index in [1.165, 1.54) is 0 Å². The molecule has 1 aromatic heterocycles. The lowest BCUT2D eigenvalue weighted by Gasteiger charge is -2.27. The number of rotatable bonds is 1. The molecule has 1 aliphatic heterocycles. The Bertz CT molecular complexity index is 978. The topological polar surface area (TPSA) is 149 Å². The van der Waals surface area contributed by atoms with Crippen molar-refractivity contribution in [2.75, 3.05) is 16.8 Å². The maximum atomic E-state index is 9.32. The third-order valence-corrected chi connectivity index (χ3v) is 4.08. The lowest BCUT2D eigenvalue weighted by atomic mass is 9.91. The number of guanidine groups is 1. The van der Waals surface area contributed by atoms with Gasteiger partial charge in [-0.3, -0.25) is 5.32 Å². The van der Waals surface area contributed by atoms with Gasteiger partial charge in [-0.25, -0.2) is 9.98 Å². The molecule has 8 heteroatoms. The van der Waals surface area contributed by atoms with Crippen molar-refractivity contribution in [1.29, 1.82) is 10.5 Å². The Morgan fingerprint density at radius 3 is 2.64 bits per heavy atom. The molecule has 0 fully saturated rings. The second-order valence-electron chi connectivity index (χ2n) is 5.76. The molecule has 2 aromatic rings. The highest BCUT2D eigenvalue weighted by molar-refractivity contribution is 5.98. The summed E-state index contributed by atoms with van der Waals surface area (Å²) in [5.74, 6) is 0.659. The second-order valence-corrected chi connectivity index (χ2v) is 5.76. The van der Waals surface area contributed by atoms with Gasteiger partial charge in [0.2, 0.25) is 5.96 Å². The molecule has 0 bridgehead atoms. The van der Waals surface area contributed by atoms with Gasteiger partial charge in [0, 0.05) is 5.56 Å². The minimum absolute atomic E-state index is 0.0313. The average molecular weight is 332 g/mol. The van der Waals surface area contributed by atoms with Crippen molar-refractivity contribution >= 4 is 23.3 Å². The van der Waals surface area contributed by atoms with Gasteiger partial charge in [0.1, 0.15) is 29.3 Å². The number of anilines is 3. The zero-order chi connectivity index (χ0) is 18.1. The first-order valence-corrected chi connectivity index (χ1v) is 7.52. The second kappa shape index (κ2) is 6.02. The fraction of sp³-hybridized carbons (Fsp3) is 0.176. The summed E-state index contributed by atoms with van der Waals surface area (Å²) in [7, 11) is 0. The van der Waals surface area contributed by atoms with E-state index >= 15 is 0 Å². The Kier molecular flexibility index (Phi) is 3.88. The van der Waals surface area contributed by atoms with Crippen LogP contribution in [0.2, 0.25) is 0 Å². The van der Waals surface area contributed by atoms with E-state index in [-0.39, 0.29) is 23.0 Å². The standard InChI is InChI=1S/C17H16N8/c1-8-3-4-10(9(2)5-8)14-12-13(20)11(6-18)15(21)24-16(12)25-17(23-14)22-7-19/h3-5,14H,1-2H3,(H6,20,21,22,23,24,25). The molecule has 2 heterocycles. The number of nitrogens with one attached hydrogen (secondary N) is 2. The summed E-state index contributed by atoms with van der Waals surface area (Å²) in [5.41, 5.74) is 16.0. The summed E-state index contributed by atoms with van der Waals surface area (Å²) in [6.45, 7) is 3.98. The van der Waals surface area contributed by atoms with Crippen LogP contribution < -0.4 is 22.1 Å². The highest BCUT2D eigenvalue weighted by Crippen LogP contribution is 2.41. The minimum Gasteiger partial charge on any atom is -0.397 e. The Hall–Kier alpha value is -3.78. The molecule has 1 aliphatic rings. The summed E-state index contributed by atoms with van der Waals surface area (Å²) < 4.78 is 0. The molecule has 124 valence electrons. The van der Waals surface area contributed by atoms with Crippen molar-refractivity contribution in [2.24, 2.45) is 4.99 Å². The van der Waals surface area contributed by atoms with Gasteiger partial charge in [-0.05, 0) is 25.0 Å². The zero-order valence-corrected chi connectivity index (χ0v) is 13.8. The van der Waals surface area contributed by atoms with Gasteiger partial charge in [-0.1, -0.05) is 23.8 Å². The molecular formula is C17H16N8. The van der Waals surface area contributed by atoms with Gasteiger partial charge in [-0.15, -0.1) is 0 Å². The summed E-state index contributed by atoms with van der Waals surface area (Å²) in [6, 6.07) is 7.45. The molecule has 0 radical (unpaired) electrons. The number of pyridine rings is 1. The zero-order valence-electron chi connectivity index (χ0n) is 13.8. The Morgan fingerprint density at radius 2 is 2.00 bits per heavy atom. The van der Waals surface area contributed by atoms with Crippen molar-refractivity contribution in [2.45, 2.75) is 19.9 Å². The van der Waals surface area contributed by atoms with Crippen LogP contribution >= 0.6 is 0 Å². The number of aryl methyl sites for hydroxylation is 2. The van der Waals surface area contributed by atoms with Crippen LogP contribution in [0, 0.1) is 36.6 Å². The monoisotopic (exact) mass is 332 g/mol. The predicted octanol–water partition coefficient (Wildman–Crippen LogP) is 1.68. The van der Waals surface area contributed by atoms with E-state index in [0.29, 0.717) is 11.4 Å². The maximum Gasteiger partial charge on any atom is 0.211 e. The normalized spacial score (nSPS) is 15.2. The molecule has 0 aliphatic carbocycles. The van der Waals surface area contributed by atoms with E-state index in [1.807, 2.05) is 44.3 Å². The maximum absolute atomic E-state index is 9.32. The number of nitrogen functional groups attached to an aromatic ring is 2. The summed E-state index contributed by atoms with van der Waals surface area (Å²) in [5, 5.41) is 23.6. The third kappa shape index (κ3) is 2.66. The summed E-state index contributed by atoms with van der Waals surface area (Å²) in [6.07, 6.45) is 1.83. The summed E-state index contributed by atoms with van der Waals surface area (Å²) >= 11 is 0. The van der Waals surface area contributed by atoms with Gasteiger partial charge < -0.3 is 16.8 Å². The van der Waals surface area contributed by atoms with Crippen molar-refractivity contribution < 1.29 is 0 Å². The molecule has 0 saturated heterocycles. The van der Waals surface area contributed by atoms with E-state index in [2.05, 4.69) is 20.6 Å². The third-order valence-electron chi connectivity index (χ3n) is 4.08. The number of nitrogens with two attached hydrogens (primary N) is 2. The highest BCUT2D eigenvalue weighted by atomic mass is 15.2. The Balaban J connectivity index is 2.28. The van der Waals surface area contributed by atoms with E-state index in [0.717, 1.165) is 16.7 Å². The number of aliphatic imine (C=N–C) groups is 1. The van der Waals surface area contributed by atoms with Gasteiger partial charge >= 0.3 is 0 Å². The van der Waals surface area contributed by atoms with Crippen LogP contribution in [-0.2, 0) is 0 Å². The quantitative estimate of drug-likeness (QED) is 0.458. The largest absolute Gasteiger partial charge is 0.397 e. The Morgan fingerprint density at radius 1 is 1.24 bits per heavy atom. The number of hydrogen-bond acceptors (Lipinski definition) is 8. The SMILES string of the molecule is Cc1ccc(C2N=C(NC#N)Nc3nc(N)c(C#N)c(N)c32)c(C)c1. The van der Waals surface area contributed by atoms with Gasteiger partial charge in [0.25, 0.3) is 0 Å². The van der Waals surface area contributed by atoms with E-state index in [9.17, 15) is 5.26 Å². The van der Waals surface area contributed by atoms with Crippen molar-refractivity contribution in [3.05, 3.63) is 46.0 Å². The Labute approximate surface area is 144 Å². The smallest absolute Gasteiger partial charge is 0.211 e. The van der Waals surface area contributed by atoms with E-state index in [4.69, 9.17) is 16.7 Å². The van der Waals surface area contributed by atoms with Crippen LogP contribution in [0.15, 0.2) is 23.2 Å². The predicted molar refractivity (Wildman–Crippen MR) is 95.3 cm³/mol. The number of benzene rings is 1. The lowest BCUT2D eigenvalue weighted by molar-refractivity contribution is 0.838.